The van der Waals surface area contributed by atoms with Crippen LogP contribution < -0.4 is 4.74 Å². The zero-order valence-electron chi connectivity index (χ0n) is 24.2. The molecule has 0 spiro atoms. The Morgan fingerprint density at radius 3 is 2.57 bits per heavy atom. The molecule has 0 unspecified atom stereocenters. The van der Waals surface area contributed by atoms with E-state index in [0.29, 0.717) is 38.1 Å². The van der Waals surface area contributed by atoms with Crippen molar-refractivity contribution in [2.75, 3.05) is 26.3 Å². The Kier molecular flexibility index (Phi) is 8.22. The van der Waals surface area contributed by atoms with E-state index in [1.54, 1.807) is 11.3 Å². The standard InChI is InChI=1S/C33H36N4O4S/c1-4-31(39)41-30-19-26(23-8-6-5-7-9-23)32(37(30)20-29(38)36-14-16-40-17-15-36)25-11-12-27-24(18-25)10-13-28(35-27)33-21(2)34-22(3)42-33/h4,10-13,18-19,23H,1,5-9,14-17,20H2,2-3H3. The van der Waals surface area contributed by atoms with E-state index in [-0.39, 0.29) is 12.5 Å². The van der Waals surface area contributed by atoms with E-state index in [0.717, 1.165) is 80.8 Å². The fourth-order valence-corrected chi connectivity index (χ4v) is 7.08. The first-order chi connectivity index (χ1) is 20.4. The highest BCUT2D eigenvalue weighted by Crippen LogP contribution is 2.43. The summed E-state index contributed by atoms with van der Waals surface area (Å²) in [7, 11) is 0. The van der Waals surface area contributed by atoms with Crippen molar-refractivity contribution in [3.05, 3.63) is 65.3 Å². The second kappa shape index (κ2) is 12.2. The summed E-state index contributed by atoms with van der Waals surface area (Å²) in [4.78, 5) is 38.4. The molecule has 1 saturated heterocycles. The van der Waals surface area contributed by atoms with Gasteiger partial charge in [-0.05, 0) is 61.9 Å². The van der Waals surface area contributed by atoms with Gasteiger partial charge in [0.2, 0.25) is 11.8 Å². The van der Waals surface area contributed by atoms with Crippen LogP contribution in [0.3, 0.4) is 0 Å². The number of hydrogen-bond acceptors (Lipinski definition) is 7. The van der Waals surface area contributed by atoms with Crippen molar-refractivity contribution in [1.29, 1.82) is 0 Å². The summed E-state index contributed by atoms with van der Waals surface area (Å²) < 4.78 is 13.1. The molecule has 2 fully saturated rings. The Morgan fingerprint density at radius 2 is 1.86 bits per heavy atom. The molecule has 3 aromatic heterocycles. The van der Waals surface area contributed by atoms with Crippen LogP contribution in [0.25, 0.3) is 32.7 Å². The van der Waals surface area contributed by atoms with Gasteiger partial charge in [0.25, 0.3) is 0 Å². The smallest absolute Gasteiger partial charge is 0.336 e. The molecule has 0 atom stereocenters. The Hall–Kier alpha value is -3.82. The lowest BCUT2D eigenvalue weighted by Gasteiger charge is -2.28. The second-order valence-corrected chi connectivity index (χ2v) is 12.3. The third-order valence-electron chi connectivity index (χ3n) is 8.26. The van der Waals surface area contributed by atoms with E-state index in [1.165, 1.54) is 6.42 Å². The average Bonchev–Trinajstić information content (AvgIpc) is 3.55. The molecule has 4 heterocycles. The fraction of sp³-hybridized carbons (Fsp3) is 0.394. The largest absolute Gasteiger partial charge is 0.406 e. The van der Waals surface area contributed by atoms with Crippen molar-refractivity contribution in [3.8, 4) is 27.7 Å². The molecule has 6 rings (SSSR count). The van der Waals surface area contributed by atoms with Gasteiger partial charge in [-0.15, -0.1) is 11.3 Å². The first kappa shape index (κ1) is 28.3. The minimum Gasteiger partial charge on any atom is -0.406 e. The van der Waals surface area contributed by atoms with E-state index in [9.17, 15) is 9.59 Å². The minimum absolute atomic E-state index is 0.0245. The topological polar surface area (TPSA) is 86.5 Å². The summed E-state index contributed by atoms with van der Waals surface area (Å²) in [5.41, 5.74) is 5.81. The van der Waals surface area contributed by atoms with Crippen molar-refractivity contribution in [1.82, 2.24) is 19.4 Å². The number of carbonyl (C=O) groups excluding carboxylic acids is 2. The molecule has 2 aliphatic rings. The number of fused-ring (bicyclic) bond motifs is 1. The predicted molar refractivity (Wildman–Crippen MR) is 165 cm³/mol. The second-order valence-electron chi connectivity index (χ2n) is 11.1. The molecule has 1 aliphatic carbocycles. The highest BCUT2D eigenvalue weighted by Gasteiger charge is 2.28. The van der Waals surface area contributed by atoms with Crippen molar-refractivity contribution >= 4 is 34.1 Å². The maximum Gasteiger partial charge on any atom is 0.336 e. The highest BCUT2D eigenvalue weighted by atomic mass is 32.1. The number of esters is 1. The zero-order valence-corrected chi connectivity index (χ0v) is 25.0. The van der Waals surface area contributed by atoms with E-state index in [4.69, 9.17) is 14.5 Å². The van der Waals surface area contributed by atoms with Crippen LogP contribution in [0, 0.1) is 13.8 Å². The van der Waals surface area contributed by atoms with Gasteiger partial charge in [0.15, 0.2) is 0 Å². The first-order valence-electron chi connectivity index (χ1n) is 14.7. The van der Waals surface area contributed by atoms with Gasteiger partial charge in [0.1, 0.15) is 6.54 Å². The minimum atomic E-state index is -0.543. The molecule has 1 amide bonds. The molecule has 1 saturated carbocycles. The van der Waals surface area contributed by atoms with Crippen molar-refractivity contribution in [3.63, 3.8) is 0 Å². The quantitative estimate of drug-likeness (QED) is 0.184. The Balaban J connectivity index is 1.46. The number of benzene rings is 1. The number of nitrogens with zero attached hydrogens (tertiary/aromatic N) is 4. The number of aryl methyl sites for hydroxylation is 2. The van der Waals surface area contributed by atoms with Crippen LogP contribution in [0.15, 0.2) is 49.1 Å². The fourth-order valence-electron chi connectivity index (χ4n) is 6.20. The maximum absolute atomic E-state index is 13.5. The molecule has 8 nitrogen and oxygen atoms in total. The Morgan fingerprint density at radius 1 is 1.07 bits per heavy atom. The number of carbonyl (C=O) groups is 2. The Bertz CT molecular complexity index is 1640. The number of amides is 1. The maximum atomic E-state index is 13.5. The van der Waals surface area contributed by atoms with E-state index < -0.39 is 5.97 Å². The van der Waals surface area contributed by atoms with Gasteiger partial charge in [-0.25, -0.2) is 14.8 Å². The lowest BCUT2D eigenvalue weighted by Crippen LogP contribution is -2.42. The van der Waals surface area contributed by atoms with Crippen LogP contribution in [0.4, 0.5) is 0 Å². The Labute approximate surface area is 250 Å². The number of pyridine rings is 1. The van der Waals surface area contributed by atoms with Crippen LogP contribution in [0.2, 0.25) is 0 Å². The molecule has 42 heavy (non-hydrogen) atoms. The third kappa shape index (κ3) is 5.76. The summed E-state index contributed by atoms with van der Waals surface area (Å²) in [5.74, 6) is 0.131. The molecular weight excluding hydrogens is 548 g/mol. The molecule has 1 aliphatic heterocycles. The van der Waals surface area contributed by atoms with Crippen molar-refractivity contribution in [2.24, 2.45) is 0 Å². The van der Waals surface area contributed by atoms with Crippen LogP contribution in [0.1, 0.15) is 54.3 Å². The van der Waals surface area contributed by atoms with Crippen LogP contribution in [-0.2, 0) is 20.9 Å². The molecule has 1 aromatic carbocycles. The summed E-state index contributed by atoms with van der Waals surface area (Å²) in [6, 6.07) is 12.4. The molecule has 0 bridgehead atoms. The number of hydrogen-bond donors (Lipinski definition) is 0. The van der Waals surface area contributed by atoms with Crippen LogP contribution in [-0.4, -0.2) is 57.6 Å². The number of ether oxygens (including phenoxy) is 2. The molecule has 4 aromatic rings. The monoisotopic (exact) mass is 584 g/mol. The SMILES string of the molecule is C=CC(=O)Oc1cc(C2CCCCC2)c(-c2ccc3nc(-c4sc(C)nc4C)ccc3c2)n1CC(=O)N1CCOCC1. The van der Waals surface area contributed by atoms with Crippen molar-refractivity contribution < 1.29 is 19.1 Å². The van der Waals surface area contributed by atoms with Crippen LogP contribution in [0.5, 0.6) is 5.88 Å². The third-order valence-corrected chi connectivity index (χ3v) is 9.36. The van der Waals surface area contributed by atoms with Gasteiger partial charge >= 0.3 is 5.97 Å². The van der Waals surface area contributed by atoms with Gasteiger partial charge in [-0.2, -0.15) is 0 Å². The van der Waals surface area contributed by atoms with Gasteiger partial charge in [0, 0.05) is 30.6 Å². The molecular formula is C33H36N4O4S. The number of morpholine rings is 1. The molecule has 218 valence electrons. The first-order valence-corrected chi connectivity index (χ1v) is 15.5. The van der Waals surface area contributed by atoms with E-state index in [1.807, 2.05) is 41.5 Å². The lowest BCUT2D eigenvalue weighted by molar-refractivity contribution is -0.136. The van der Waals surface area contributed by atoms with E-state index in [2.05, 4.69) is 29.8 Å². The summed E-state index contributed by atoms with van der Waals surface area (Å²) in [6.07, 6.45) is 6.83. The van der Waals surface area contributed by atoms with Gasteiger partial charge in [0.05, 0.1) is 45.7 Å². The summed E-state index contributed by atoms with van der Waals surface area (Å²) in [6.45, 7) is 9.83. The zero-order chi connectivity index (χ0) is 29.2. The average molecular weight is 585 g/mol. The van der Waals surface area contributed by atoms with Gasteiger partial charge in [-0.1, -0.05) is 38.0 Å². The van der Waals surface area contributed by atoms with Gasteiger partial charge < -0.3 is 18.9 Å². The van der Waals surface area contributed by atoms with Crippen LogP contribution >= 0.6 is 11.3 Å². The molecule has 9 heteroatoms. The number of rotatable bonds is 7. The molecule has 0 radical (unpaired) electrons. The molecule has 0 N–H and O–H groups in total. The lowest BCUT2D eigenvalue weighted by atomic mass is 9.83. The van der Waals surface area contributed by atoms with E-state index >= 15 is 0 Å². The highest BCUT2D eigenvalue weighted by molar-refractivity contribution is 7.15. The normalized spacial score (nSPS) is 16.1. The predicted octanol–water partition coefficient (Wildman–Crippen LogP) is 6.44. The number of aromatic nitrogens is 3. The van der Waals surface area contributed by atoms with Gasteiger partial charge in [-0.3, -0.25) is 4.79 Å². The van der Waals surface area contributed by atoms with Crippen molar-refractivity contribution in [2.45, 2.75) is 58.4 Å². The summed E-state index contributed by atoms with van der Waals surface area (Å²) in [5, 5.41) is 2.02. The summed E-state index contributed by atoms with van der Waals surface area (Å²) >= 11 is 1.65. The number of thiazole rings is 1.